The average Bonchev–Trinajstić information content (AvgIpc) is 2.88. The van der Waals surface area contributed by atoms with E-state index in [2.05, 4.69) is 32.3 Å². The van der Waals surface area contributed by atoms with E-state index in [-0.39, 0.29) is 5.95 Å². The van der Waals surface area contributed by atoms with Crippen LogP contribution in [0.4, 0.5) is 11.9 Å². The van der Waals surface area contributed by atoms with Crippen molar-refractivity contribution < 1.29 is 0 Å². The Morgan fingerprint density at radius 1 is 1.39 bits per heavy atom. The Kier molecular flexibility index (Phi) is 2.39. The van der Waals surface area contributed by atoms with Gasteiger partial charge in [0, 0.05) is 18.9 Å². The molecule has 0 spiro atoms. The van der Waals surface area contributed by atoms with Crippen LogP contribution < -0.4 is 11.1 Å². The molecule has 7 heteroatoms. The van der Waals surface area contributed by atoms with Gasteiger partial charge >= 0.3 is 0 Å². The molecule has 1 fully saturated rings. The van der Waals surface area contributed by atoms with Gasteiger partial charge in [0.1, 0.15) is 0 Å². The zero-order valence-corrected chi connectivity index (χ0v) is 10.2. The molecule has 0 saturated heterocycles. The van der Waals surface area contributed by atoms with Gasteiger partial charge in [0.25, 0.3) is 5.95 Å². The third kappa shape index (κ3) is 2.24. The molecule has 3 N–H and O–H groups in total. The molecule has 0 amide bonds. The molecule has 18 heavy (non-hydrogen) atoms. The van der Waals surface area contributed by atoms with Crippen LogP contribution in [-0.4, -0.2) is 31.3 Å². The number of nitrogens with zero attached hydrogens (tertiary/aromatic N) is 5. The summed E-state index contributed by atoms with van der Waals surface area (Å²) in [6.07, 6.45) is 5.91. The molecule has 1 saturated carbocycles. The van der Waals surface area contributed by atoms with Crippen molar-refractivity contribution in [1.29, 1.82) is 0 Å². The number of rotatable bonds is 4. The van der Waals surface area contributed by atoms with Crippen LogP contribution in [0.2, 0.25) is 0 Å². The molecule has 7 nitrogen and oxygen atoms in total. The highest BCUT2D eigenvalue weighted by Crippen LogP contribution is 2.44. The van der Waals surface area contributed by atoms with Crippen LogP contribution in [0.1, 0.15) is 19.8 Å². The zero-order valence-electron chi connectivity index (χ0n) is 10.2. The van der Waals surface area contributed by atoms with E-state index in [1.54, 1.807) is 23.1 Å². The fourth-order valence-electron chi connectivity index (χ4n) is 1.63. The molecule has 0 atom stereocenters. The number of anilines is 2. The number of nitrogens with two attached hydrogens (primary N) is 1. The number of nitrogen functional groups attached to an aromatic ring is 1. The van der Waals surface area contributed by atoms with Crippen molar-refractivity contribution in [1.82, 2.24) is 24.7 Å². The third-order valence-electron chi connectivity index (χ3n) is 3.13. The van der Waals surface area contributed by atoms with E-state index < -0.39 is 0 Å². The highest BCUT2D eigenvalue weighted by Gasteiger charge is 2.37. The summed E-state index contributed by atoms with van der Waals surface area (Å²) in [5.74, 6) is 1.12. The molecule has 0 bridgehead atoms. The van der Waals surface area contributed by atoms with Crippen LogP contribution in [0.3, 0.4) is 0 Å². The molecule has 0 radical (unpaired) electrons. The van der Waals surface area contributed by atoms with E-state index in [0.29, 0.717) is 17.3 Å². The molecular weight excluding hydrogens is 230 g/mol. The minimum absolute atomic E-state index is 0.193. The first-order valence-electron chi connectivity index (χ1n) is 5.90. The summed E-state index contributed by atoms with van der Waals surface area (Å²) in [4.78, 5) is 12.4. The quantitative estimate of drug-likeness (QED) is 0.829. The van der Waals surface area contributed by atoms with Crippen LogP contribution in [0.15, 0.2) is 18.5 Å². The van der Waals surface area contributed by atoms with Crippen molar-refractivity contribution >= 4 is 11.9 Å². The third-order valence-corrected chi connectivity index (χ3v) is 3.13. The molecule has 2 aromatic rings. The lowest BCUT2D eigenvalue weighted by atomic mass is 10.1. The Bertz CT molecular complexity index is 545. The lowest BCUT2D eigenvalue weighted by molar-refractivity contribution is 0.607. The van der Waals surface area contributed by atoms with E-state index in [0.717, 1.165) is 6.54 Å². The van der Waals surface area contributed by atoms with E-state index in [1.165, 1.54) is 12.8 Å². The Morgan fingerprint density at radius 2 is 2.22 bits per heavy atom. The van der Waals surface area contributed by atoms with Gasteiger partial charge in [-0.15, -0.1) is 0 Å². The molecule has 94 valence electrons. The van der Waals surface area contributed by atoms with E-state index in [4.69, 9.17) is 5.73 Å². The topological polar surface area (TPSA) is 94.5 Å². The summed E-state index contributed by atoms with van der Waals surface area (Å²) in [5, 5.41) is 7.28. The minimum Gasteiger partial charge on any atom is -0.368 e. The predicted octanol–water partition coefficient (Wildman–Crippen LogP) is 0.851. The lowest BCUT2D eigenvalue weighted by Crippen LogP contribution is -2.16. The molecule has 1 aliphatic carbocycles. The van der Waals surface area contributed by atoms with E-state index in [1.807, 2.05) is 0 Å². The maximum absolute atomic E-state index is 5.68. The van der Waals surface area contributed by atoms with Crippen molar-refractivity contribution in [3.63, 3.8) is 0 Å². The van der Waals surface area contributed by atoms with Gasteiger partial charge in [0.05, 0.1) is 0 Å². The molecule has 2 aromatic heterocycles. The zero-order chi connectivity index (χ0) is 12.6. The van der Waals surface area contributed by atoms with Gasteiger partial charge in [-0.05, 0) is 24.3 Å². The number of nitrogens with one attached hydrogen (secondary N) is 1. The molecule has 3 rings (SSSR count). The number of hydrogen-bond donors (Lipinski definition) is 2. The van der Waals surface area contributed by atoms with Crippen LogP contribution in [0.25, 0.3) is 5.95 Å². The number of hydrogen-bond acceptors (Lipinski definition) is 6. The summed E-state index contributed by atoms with van der Waals surface area (Å²) in [5.41, 5.74) is 6.06. The largest absolute Gasteiger partial charge is 0.368 e. The second kappa shape index (κ2) is 3.94. The Morgan fingerprint density at radius 3 is 2.89 bits per heavy atom. The minimum atomic E-state index is 0.193. The van der Waals surface area contributed by atoms with Gasteiger partial charge in [-0.3, -0.25) is 0 Å². The standard InChI is InChI=1S/C11H15N7/c1-11(3-4-11)7-13-9-15-8(12)16-10(17-9)18-6-2-5-14-18/h2,5-6H,3-4,7H2,1H3,(H3,12,13,15,16,17). The summed E-state index contributed by atoms with van der Waals surface area (Å²) < 4.78 is 1.56. The van der Waals surface area contributed by atoms with Gasteiger partial charge in [-0.2, -0.15) is 20.1 Å². The number of aromatic nitrogens is 5. The van der Waals surface area contributed by atoms with Crippen molar-refractivity contribution in [3.05, 3.63) is 18.5 Å². The summed E-state index contributed by atoms with van der Waals surface area (Å²) in [6.45, 7) is 3.09. The fraction of sp³-hybridized carbons (Fsp3) is 0.455. The van der Waals surface area contributed by atoms with Crippen LogP contribution in [0.5, 0.6) is 0 Å². The second-order valence-corrected chi connectivity index (χ2v) is 4.93. The van der Waals surface area contributed by atoms with Gasteiger partial charge < -0.3 is 11.1 Å². The first-order chi connectivity index (χ1) is 8.65. The molecule has 0 unspecified atom stereocenters. The van der Waals surface area contributed by atoms with Crippen molar-refractivity contribution in [2.24, 2.45) is 5.41 Å². The SMILES string of the molecule is CC1(CNc2nc(N)nc(-n3cccn3)n2)CC1. The maximum atomic E-state index is 5.68. The van der Waals surface area contributed by atoms with Gasteiger partial charge in [-0.1, -0.05) is 6.92 Å². The van der Waals surface area contributed by atoms with E-state index in [9.17, 15) is 0 Å². The Balaban J connectivity index is 1.82. The van der Waals surface area contributed by atoms with Gasteiger partial charge in [0.15, 0.2) is 0 Å². The van der Waals surface area contributed by atoms with Crippen molar-refractivity contribution in [3.8, 4) is 5.95 Å². The van der Waals surface area contributed by atoms with Crippen LogP contribution in [0, 0.1) is 5.41 Å². The predicted molar refractivity (Wildman–Crippen MR) is 67.2 cm³/mol. The normalized spacial score (nSPS) is 16.5. The molecule has 0 aliphatic heterocycles. The fourth-order valence-corrected chi connectivity index (χ4v) is 1.63. The van der Waals surface area contributed by atoms with E-state index >= 15 is 0 Å². The highest BCUT2D eigenvalue weighted by molar-refractivity contribution is 5.35. The van der Waals surface area contributed by atoms with Gasteiger partial charge in [-0.25, -0.2) is 4.68 Å². The Hall–Kier alpha value is -2.18. The molecule has 2 heterocycles. The lowest BCUT2D eigenvalue weighted by Gasteiger charge is -2.10. The van der Waals surface area contributed by atoms with Crippen molar-refractivity contribution in [2.75, 3.05) is 17.6 Å². The molecule has 1 aliphatic rings. The first kappa shape index (κ1) is 10.9. The summed E-state index contributed by atoms with van der Waals surface area (Å²) >= 11 is 0. The summed E-state index contributed by atoms with van der Waals surface area (Å²) in [6, 6.07) is 1.80. The average molecular weight is 245 g/mol. The molecular formula is C11H15N7. The smallest absolute Gasteiger partial charge is 0.257 e. The highest BCUT2D eigenvalue weighted by atomic mass is 15.4. The van der Waals surface area contributed by atoms with Crippen LogP contribution >= 0.6 is 0 Å². The maximum Gasteiger partial charge on any atom is 0.257 e. The van der Waals surface area contributed by atoms with Crippen molar-refractivity contribution in [2.45, 2.75) is 19.8 Å². The van der Waals surface area contributed by atoms with Gasteiger partial charge in [0.2, 0.25) is 11.9 Å². The Labute approximate surface area is 104 Å². The van der Waals surface area contributed by atoms with Crippen LogP contribution in [-0.2, 0) is 0 Å². The first-order valence-corrected chi connectivity index (χ1v) is 5.90. The molecule has 0 aromatic carbocycles. The monoisotopic (exact) mass is 245 g/mol. The second-order valence-electron chi connectivity index (χ2n) is 4.93. The summed E-state index contributed by atoms with van der Waals surface area (Å²) in [7, 11) is 0.